The molecule has 11 heteroatoms. The number of carbonyl (C=O) groups is 2. The Morgan fingerprint density at radius 3 is 2.07 bits per heavy atom. The minimum absolute atomic E-state index is 0.00259. The van der Waals surface area contributed by atoms with E-state index < -0.39 is 34.4 Å². The van der Waals surface area contributed by atoms with Crippen LogP contribution in [0.5, 0.6) is 0 Å². The molecule has 0 fully saturated rings. The van der Waals surface area contributed by atoms with Crippen LogP contribution in [0.4, 0.5) is 5.69 Å². The Balaban J connectivity index is 1.80. The molecule has 0 bridgehead atoms. The molecule has 4 aromatic carbocycles. The molecule has 42 heavy (non-hydrogen) atoms. The van der Waals surface area contributed by atoms with Crippen LogP contribution in [0.1, 0.15) is 11.1 Å². The van der Waals surface area contributed by atoms with Crippen LogP contribution >= 0.6 is 34.8 Å². The van der Waals surface area contributed by atoms with Crippen LogP contribution in [-0.4, -0.2) is 44.8 Å². The maximum atomic E-state index is 14.3. The van der Waals surface area contributed by atoms with Gasteiger partial charge in [-0.05, 0) is 53.6 Å². The zero-order valence-electron chi connectivity index (χ0n) is 22.6. The third kappa shape index (κ3) is 7.63. The molecular weight excluding hydrogens is 617 g/mol. The Bertz CT molecular complexity index is 1650. The maximum absolute atomic E-state index is 14.3. The topological polar surface area (TPSA) is 86.8 Å². The molecule has 1 atom stereocenters. The summed E-state index contributed by atoms with van der Waals surface area (Å²) >= 11 is 18.8. The summed E-state index contributed by atoms with van der Waals surface area (Å²) in [5.74, 6) is -1.04. The number of nitrogens with one attached hydrogen (secondary N) is 1. The Kier molecular flexibility index (Phi) is 10.5. The Morgan fingerprint density at radius 1 is 0.810 bits per heavy atom. The van der Waals surface area contributed by atoms with E-state index in [0.29, 0.717) is 20.6 Å². The van der Waals surface area contributed by atoms with E-state index in [1.165, 1.54) is 30.1 Å². The van der Waals surface area contributed by atoms with Crippen LogP contribution in [0.3, 0.4) is 0 Å². The number of hydrogen-bond acceptors (Lipinski definition) is 4. The van der Waals surface area contributed by atoms with Gasteiger partial charge in [-0.3, -0.25) is 13.9 Å². The second-order valence-corrected chi connectivity index (χ2v) is 12.5. The van der Waals surface area contributed by atoms with E-state index in [9.17, 15) is 18.0 Å². The summed E-state index contributed by atoms with van der Waals surface area (Å²) in [6.07, 6.45) is 0.181. The molecular formula is C31H28Cl3N3O4S. The summed E-state index contributed by atoms with van der Waals surface area (Å²) in [5.41, 5.74) is 1.55. The van der Waals surface area contributed by atoms with Crippen molar-refractivity contribution < 1.29 is 18.0 Å². The van der Waals surface area contributed by atoms with Crippen LogP contribution in [-0.2, 0) is 32.6 Å². The first-order valence-corrected chi connectivity index (χ1v) is 15.5. The Hall–Kier alpha value is -3.56. The number of anilines is 1. The molecule has 0 spiro atoms. The third-order valence-electron chi connectivity index (χ3n) is 6.58. The van der Waals surface area contributed by atoms with Gasteiger partial charge in [0.2, 0.25) is 11.8 Å². The summed E-state index contributed by atoms with van der Waals surface area (Å²) < 4.78 is 28.8. The summed E-state index contributed by atoms with van der Waals surface area (Å²) in [6.45, 7) is -0.681. The van der Waals surface area contributed by atoms with E-state index >= 15 is 0 Å². The molecule has 0 radical (unpaired) electrons. The zero-order chi connectivity index (χ0) is 30.3. The first-order chi connectivity index (χ1) is 20.1. The summed E-state index contributed by atoms with van der Waals surface area (Å²) in [7, 11) is -2.73. The maximum Gasteiger partial charge on any atom is 0.264 e. The van der Waals surface area contributed by atoms with Crippen LogP contribution in [0.25, 0.3) is 0 Å². The fourth-order valence-corrected chi connectivity index (χ4v) is 6.51. The SMILES string of the molecule is CNC(=O)[C@H](Cc1ccccc1)N(Cc1ccc(Cl)cc1Cl)C(=O)CN(c1cccc(Cl)c1)S(=O)(=O)c1ccccc1. The molecule has 1 N–H and O–H groups in total. The lowest BCUT2D eigenvalue weighted by Gasteiger charge is -2.33. The molecule has 0 unspecified atom stereocenters. The lowest BCUT2D eigenvalue weighted by atomic mass is 10.0. The predicted molar refractivity (Wildman–Crippen MR) is 167 cm³/mol. The highest BCUT2D eigenvalue weighted by Gasteiger charge is 2.34. The number of benzene rings is 4. The molecule has 0 aliphatic heterocycles. The van der Waals surface area contributed by atoms with Gasteiger partial charge < -0.3 is 10.2 Å². The molecule has 0 aliphatic carbocycles. The van der Waals surface area contributed by atoms with E-state index in [0.717, 1.165) is 9.87 Å². The number of rotatable bonds is 11. The van der Waals surface area contributed by atoms with Crippen molar-refractivity contribution in [3.05, 3.63) is 129 Å². The highest BCUT2D eigenvalue weighted by molar-refractivity contribution is 7.92. The van der Waals surface area contributed by atoms with Gasteiger partial charge in [-0.1, -0.05) is 95.5 Å². The second kappa shape index (κ2) is 14.1. The normalized spacial score (nSPS) is 11.9. The van der Waals surface area contributed by atoms with Gasteiger partial charge in [0, 0.05) is 35.1 Å². The zero-order valence-corrected chi connectivity index (χ0v) is 25.7. The summed E-state index contributed by atoms with van der Waals surface area (Å²) in [4.78, 5) is 28.9. The highest BCUT2D eigenvalue weighted by Crippen LogP contribution is 2.28. The first kappa shape index (κ1) is 31.4. The van der Waals surface area contributed by atoms with E-state index in [1.807, 2.05) is 30.3 Å². The Morgan fingerprint density at radius 2 is 1.45 bits per heavy atom. The van der Waals surface area contributed by atoms with Gasteiger partial charge in [-0.2, -0.15) is 0 Å². The fourth-order valence-electron chi connectivity index (χ4n) is 4.43. The third-order valence-corrected chi connectivity index (χ3v) is 9.19. The van der Waals surface area contributed by atoms with Gasteiger partial charge in [0.25, 0.3) is 10.0 Å². The molecule has 0 saturated carbocycles. The molecule has 0 aliphatic rings. The van der Waals surface area contributed by atoms with Gasteiger partial charge in [0.1, 0.15) is 12.6 Å². The van der Waals surface area contributed by atoms with Crippen LogP contribution in [0.2, 0.25) is 15.1 Å². The van der Waals surface area contributed by atoms with E-state index in [-0.39, 0.29) is 23.5 Å². The number of carbonyl (C=O) groups excluding carboxylic acids is 2. The molecule has 4 aromatic rings. The number of amides is 2. The van der Waals surface area contributed by atoms with Crippen molar-refractivity contribution in [1.29, 1.82) is 0 Å². The molecule has 0 aromatic heterocycles. The van der Waals surface area contributed by atoms with Crippen molar-refractivity contribution in [2.24, 2.45) is 0 Å². The Labute approximate surface area is 260 Å². The highest BCUT2D eigenvalue weighted by atomic mass is 35.5. The van der Waals surface area contributed by atoms with Crippen LogP contribution < -0.4 is 9.62 Å². The fraction of sp³-hybridized carbons (Fsp3) is 0.161. The number of halogens is 3. The van der Waals surface area contributed by atoms with Gasteiger partial charge in [0.15, 0.2) is 0 Å². The van der Waals surface area contributed by atoms with Crippen LogP contribution in [0.15, 0.2) is 108 Å². The van der Waals surface area contributed by atoms with Crippen molar-refractivity contribution in [1.82, 2.24) is 10.2 Å². The molecule has 4 rings (SSSR count). The summed E-state index contributed by atoms with van der Waals surface area (Å²) in [5, 5.41) is 3.66. The van der Waals surface area contributed by atoms with E-state index in [4.69, 9.17) is 34.8 Å². The van der Waals surface area contributed by atoms with Crippen molar-refractivity contribution >= 4 is 62.3 Å². The largest absolute Gasteiger partial charge is 0.357 e. The van der Waals surface area contributed by atoms with E-state index in [1.54, 1.807) is 54.6 Å². The van der Waals surface area contributed by atoms with Crippen molar-refractivity contribution in [3.63, 3.8) is 0 Å². The monoisotopic (exact) mass is 643 g/mol. The number of hydrogen-bond donors (Lipinski definition) is 1. The van der Waals surface area contributed by atoms with Crippen molar-refractivity contribution in [2.75, 3.05) is 17.9 Å². The average Bonchev–Trinajstić information content (AvgIpc) is 2.99. The van der Waals surface area contributed by atoms with E-state index in [2.05, 4.69) is 5.32 Å². The van der Waals surface area contributed by atoms with Gasteiger partial charge >= 0.3 is 0 Å². The van der Waals surface area contributed by atoms with Crippen LogP contribution in [0, 0.1) is 0 Å². The van der Waals surface area contributed by atoms with Gasteiger partial charge in [0.05, 0.1) is 10.6 Å². The first-order valence-electron chi connectivity index (χ1n) is 12.9. The number of likely N-dealkylation sites (N-methyl/N-ethyl adjacent to an activating group) is 1. The molecule has 2 amide bonds. The molecule has 0 heterocycles. The number of sulfonamides is 1. The lowest BCUT2D eigenvalue weighted by Crippen LogP contribution is -2.53. The van der Waals surface area contributed by atoms with Gasteiger partial charge in [-0.15, -0.1) is 0 Å². The lowest BCUT2D eigenvalue weighted by molar-refractivity contribution is -0.139. The predicted octanol–water partition coefficient (Wildman–Crippen LogP) is 6.23. The van der Waals surface area contributed by atoms with Crippen molar-refractivity contribution in [2.45, 2.75) is 23.9 Å². The summed E-state index contributed by atoms with van der Waals surface area (Å²) in [6, 6.07) is 27.1. The number of nitrogens with zero attached hydrogens (tertiary/aromatic N) is 2. The minimum atomic E-state index is -4.21. The molecule has 7 nitrogen and oxygen atoms in total. The minimum Gasteiger partial charge on any atom is -0.357 e. The second-order valence-electron chi connectivity index (χ2n) is 9.38. The standard InChI is InChI=1S/C31H28Cl3N3O4S/c1-35-31(39)29(17-22-9-4-2-5-10-22)36(20-23-15-16-25(33)19-28(23)34)30(38)21-37(26-12-8-11-24(32)18-26)42(40,41)27-13-6-3-7-14-27/h2-16,18-19,29H,17,20-21H2,1H3,(H,35,39)/t29-/m0/s1. The smallest absolute Gasteiger partial charge is 0.264 e. The average molecular weight is 645 g/mol. The molecule has 218 valence electrons. The van der Waals surface area contributed by atoms with Gasteiger partial charge in [-0.25, -0.2) is 8.42 Å². The quantitative estimate of drug-likeness (QED) is 0.210. The van der Waals surface area contributed by atoms with Crippen molar-refractivity contribution in [3.8, 4) is 0 Å². The molecule has 0 saturated heterocycles.